The molecule has 7 heteroatoms. The highest BCUT2D eigenvalue weighted by Gasteiger charge is 2.19. The number of nitrogen functional groups attached to an aromatic ring is 1. The van der Waals surface area contributed by atoms with E-state index in [1.807, 2.05) is 0 Å². The number of nitrogens with two attached hydrogens (primary N) is 1. The molecule has 0 radical (unpaired) electrons. The quantitative estimate of drug-likeness (QED) is 0.828. The fraction of sp³-hybridized carbons (Fsp3) is 0.231. The van der Waals surface area contributed by atoms with E-state index in [0.29, 0.717) is 23.0 Å². The van der Waals surface area contributed by atoms with Gasteiger partial charge < -0.3 is 11.1 Å². The highest BCUT2D eigenvalue weighted by atomic mass is 19.1. The number of rotatable bonds is 2. The van der Waals surface area contributed by atoms with Crippen LogP contribution in [0.4, 0.5) is 20.2 Å². The van der Waals surface area contributed by atoms with Crippen LogP contribution in [-0.2, 0) is 7.05 Å². The van der Waals surface area contributed by atoms with E-state index in [1.165, 1.54) is 0 Å². The van der Waals surface area contributed by atoms with Crippen molar-refractivity contribution in [1.82, 2.24) is 9.78 Å². The third kappa shape index (κ3) is 2.34. The summed E-state index contributed by atoms with van der Waals surface area (Å²) in [7, 11) is 1.70. The molecule has 0 saturated heterocycles. The van der Waals surface area contributed by atoms with Crippen LogP contribution in [0.3, 0.4) is 0 Å². The molecular weight excluding hydrogens is 266 g/mol. The third-order valence-electron chi connectivity index (χ3n) is 3.07. The number of amides is 1. The summed E-state index contributed by atoms with van der Waals surface area (Å²) < 4.78 is 28.2. The third-order valence-corrected chi connectivity index (χ3v) is 3.07. The first-order valence-electron chi connectivity index (χ1n) is 5.87. The molecule has 0 aliphatic rings. The van der Waals surface area contributed by atoms with E-state index < -0.39 is 17.5 Å². The highest BCUT2D eigenvalue weighted by Crippen LogP contribution is 2.22. The van der Waals surface area contributed by atoms with Crippen LogP contribution in [-0.4, -0.2) is 15.7 Å². The van der Waals surface area contributed by atoms with E-state index in [9.17, 15) is 13.6 Å². The van der Waals surface area contributed by atoms with E-state index in [-0.39, 0.29) is 11.4 Å². The Bertz CT molecular complexity index is 694. The van der Waals surface area contributed by atoms with Gasteiger partial charge in [-0.3, -0.25) is 9.48 Å². The van der Waals surface area contributed by atoms with Gasteiger partial charge in [0.2, 0.25) is 0 Å². The molecule has 3 N–H and O–H groups in total. The summed E-state index contributed by atoms with van der Waals surface area (Å²) in [6.07, 6.45) is 0. The van der Waals surface area contributed by atoms with E-state index in [1.54, 1.807) is 25.6 Å². The molecular formula is C13H14F2N4O. The van der Waals surface area contributed by atoms with Crippen LogP contribution in [0.25, 0.3) is 0 Å². The van der Waals surface area contributed by atoms with E-state index in [4.69, 9.17) is 5.73 Å². The Kier molecular flexibility index (Phi) is 3.44. The number of carbonyl (C=O) groups excluding carboxylic acids is 1. The van der Waals surface area contributed by atoms with Crippen molar-refractivity contribution in [1.29, 1.82) is 0 Å². The number of nitrogens with one attached hydrogen (secondary N) is 1. The SMILES string of the molecule is Cc1nn(C)c(C)c1C(=O)Nc1cc(N)c(F)cc1F. The van der Waals surface area contributed by atoms with Crippen LogP contribution >= 0.6 is 0 Å². The van der Waals surface area contributed by atoms with Crippen molar-refractivity contribution in [2.75, 3.05) is 11.1 Å². The summed E-state index contributed by atoms with van der Waals surface area (Å²) in [6.45, 7) is 3.40. The van der Waals surface area contributed by atoms with Crippen LogP contribution in [0, 0.1) is 25.5 Å². The minimum Gasteiger partial charge on any atom is -0.396 e. The van der Waals surface area contributed by atoms with E-state index in [2.05, 4.69) is 10.4 Å². The van der Waals surface area contributed by atoms with Crippen molar-refractivity contribution in [3.8, 4) is 0 Å². The first-order chi connectivity index (χ1) is 9.31. The zero-order valence-electron chi connectivity index (χ0n) is 11.3. The lowest BCUT2D eigenvalue weighted by atomic mass is 10.1. The predicted molar refractivity (Wildman–Crippen MR) is 71.4 cm³/mol. The van der Waals surface area contributed by atoms with Gasteiger partial charge in [0.25, 0.3) is 5.91 Å². The molecule has 0 atom stereocenters. The number of aryl methyl sites for hydroxylation is 2. The number of benzene rings is 1. The monoisotopic (exact) mass is 280 g/mol. The van der Waals surface area contributed by atoms with Gasteiger partial charge in [-0.2, -0.15) is 5.10 Å². The lowest BCUT2D eigenvalue weighted by Crippen LogP contribution is -2.15. The summed E-state index contributed by atoms with van der Waals surface area (Å²) in [5.74, 6) is -2.27. The molecule has 0 aliphatic carbocycles. The van der Waals surface area contributed by atoms with Gasteiger partial charge in [0, 0.05) is 18.8 Å². The molecule has 106 valence electrons. The fourth-order valence-electron chi connectivity index (χ4n) is 1.95. The van der Waals surface area contributed by atoms with Crippen molar-refractivity contribution in [3.05, 3.63) is 40.7 Å². The number of hydrogen-bond acceptors (Lipinski definition) is 3. The molecule has 0 spiro atoms. The van der Waals surface area contributed by atoms with Crippen LogP contribution < -0.4 is 11.1 Å². The second-order valence-electron chi connectivity index (χ2n) is 4.48. The Balaban J connectivity index is 2.35. The number of hydrogen-bond donors (Lipinski definition) is 2. The van der Waals surface area contributed by atoms with Crippen LogP contribution in [0.2, 0.25) is 0 Å². The topological polar surface area (TPSA) is 72.9 Å². The molecule has 0 saturated carbocycles. The maximum absolute atomic E-state index is 13.6. The molecule has 2 rings (SSSR count). The largest absolute Gasteiger partial charge is 0.396 e. The Morgan fingerprint density at radius 2 is 1.95 bits per heavy atom. The van der Waals surface area contributed by atoms with Crippen molar-refractivity contribution in [3.63, 3.8) is 0 Å². The lowest BCUT2D eigenvalue weighted by molar-refractivity contribution is 0.102. The Hall–Kier alpha value is -2.44. The van der Waals surface area contributed by atoms with Gasteiger partial charge in [-0.1, -0.05) is 0 Å². The van der Waals surface area contributed by atoms with Gasteiger partial charge in [0.05, 0.1) is 22.6 Å². The van der Waals surface area contributed by atoms with Gasteiger partial charge >= 0.3 is 0 Å². The molecule has 2 aromatic rings. The van der Waals surface area contributed by atoms with Gasteiger partial charge in [-0.15, -0.1) is 0 Å². The number of carbonyl (C=O) groups is 1. The zero-order valence-corrected chi connectivity index (χ0v) is 11.3. The summed E-state index contributed by atoms with van der Waals surface area (Å²) >= 11 is 0. The van der Waals surface area contributed by atoms with Gasteiger partial charge in [0.15, 0.2) is 0 Å². The fourth-order valence-corrected chi connectivity index (χ4v) is 1.95. The zero-order chi connectivity index (χ0) is 15.0. The summed E-state index contributed by atoms with van der Waals surface area (Å²) in [5.41, 5.74) is 6.48. The second kappa shape index (κ2) is 4.92. The molecule has 1 heterocycles. The smallest absolute Gasteiger partial charge is 0.259 e. The minimum absolute atomic E-state index is 0.170. The number of nitrogens with zero attached hydrogens (tertiary/aromatic N) is 2. The van der Waals surface area contributed by atoms with E-state index >= 15 is 0 Å². The van der Waals surface area contributed by atoms with Crippen molar-refractivity contribution < 1.29 is 13.6 Å². The molecule has 0 aliphatic heterocycles. The second-order valence-corrected chi connectivity index (χ2v) is 4.48. The summed E-state index contributed by atoms with van der Waals surface area (Å²) in [6, 6.07) is 1.68. The Morgan fingerprint density at radius 3 is 2.50 bits per heavy atom. The Labute approximate surface area is 114 Å². The van der Waals surface area contributed by atoms with Crippen molar-refractivity contribution >= 4 is 17.3 Å². The highest BCUT2D eigenvalue weighted by molar-refractivity contribution is 6.06. The molecule has 1 aromatic heterocycles. The number of aromatic nitrogens is 2. The van der Waals surface area contributed by atoms with Gasteiger partial charge in [-0.05, 0) is 19.9 Å². The van der Waals surface area contributed by atoms with Gasteiger partial charge in [0.1, 0.15) is 11.6 Å². The molecule has 1 aromatic carbocycles. The number of halogens is 2. The van der Waals surface area contributed by atoms with Crippen molar-refractivity contribution in [2.45, 2.75) is 13.8 Å². The predicted octanol–water partition coefficient (Wildman–Crippen LogP) is 2.15. The van der Waals surface area contributed by atoms with Crippen LogP contribution in [0.1, 0.15) is 21.7 Å². The average molecular weight is 280 g/mol. The molecule has 1 amide bonds. The maximum atomic E-state index is 13.6. The summed E-state index contributed by atoms with van der Waals surface area (Å²) in [4.78, 5) is 12.2. The molecule has 5 nitrogen and oxygen atoms in total. The molecule has 20 heavy (non-hydrogen) atoms. The summed E-state index contributed by atoms with van der Waals surface area (Å²) in [5, 5.41) is 6.48. The minimum atomic E-state index is -0.885. The lowest BCUT2D eigenvalue weighted by Gasteiger charge is -2.08. The van der Waals surface area contributed by atoms with Crippen molar-refractivity contribution in [2.24, 2.45) is 7.05 Å². The van der Waals surface area contributed by atoms with E-state index in [0.717, 1.165) is 6.07 Å². The first kappa shape index (κ1) is 14.0. The molecule has 0 fully saturated rings. The average Bonchev–Trinajstić information content (AvgIpc) is 2.60. The van der Waals surface area contributed by atoms with Gasteiger partial charge in [-0.25, -0.2) is 8.78 Å². The first-order valence-corrected chi connectivity index (χ1v) is 5.87. The maximum Gasteiger partial charge on any atom is 0.259 e. The standard InChI is InChI=1S/C13H14F2N4O/c1-6-12(7(2)19(3)18-6)13(20)17-11-5-10(16)8(14)4-9(11)15/h4-5H,16H2,1-3H3,(H,17,20). The Morgan fingerprint density at radius 1 is 1.30 bits per heavy atom. The van der Waals surface area contributed by atoms with Crippen LogP contribution in [0.5, 0.6) is 0 Å². The molecule has 0 bridgehead atoms. The normalized spacial score (nSPS) is 10.7. The number of anilines is 2. The molecule has 0 unspecified atom stereocenters. The van der Waals surface area contributed by atoms with Crippen LogP contribution in [0.15, 0.2) is 12.1 Å².